The van der Waals surface area contributed by atoms with Crippen LogP contribution in [0.2, 0.25) is 0 Å². The van der Waals surface area contributed by atoms with E-state index in [2.05, 4.69) is 12.2 Å². The van der Waals surface area contributed by atoms with E-state index in [9.17, 15) is 8.42 Å². The van der Waals surface area contributed by atoms with Crippen LogP contribution in [0.1, 0.15) is 51.9 Å². The van der Waals surface area contributed by atoms with Gasteiger partial charge < -0.3 is 10.4 Å². The molecular weight excluding hydrogens is 262 g/mol. The second kappa shape index (κ2) is 8.22. The lowest BCUT2D eigenvalue weighted by atomic mass is 9.93. The second-order valence-electron chi connectivity index (χ2n) is 5.89. The normalized spacial score (nSPS) is 26.3. The number of hydrogen-bond donors (Lipinski definition) is 2. The fourth-order valence-corrected chi connectivity index (χ4v) is 4.17. The number of rotatable bonds is 8. The maximum Gasteiger partial charge on any atom is 0.150 e. The molecule has 0 saturated heterocycles. The minimum Gasteiger partial charge on any atom is -0.396 e. The average molecular weight is 291 g/mol. The van der Waals surface area contributed by atoms with Gasteiger partial charge in [0.1, 0.15) is 9.84 Å². The van der Waals surface area contributed by atoms with E-state index in [1.807, 2.05) is 0 Å². The molecule has 1 aliphatic carbocycles. The van der Waals surface area contributed by atoms with Crippen molar-refractivity contribution < 1.29 is 13.5 Å². The van der Waals surface area contributed by atoms with Crippen LogP contribution in [-0.4, -0.2) is 44.2 Å². The average Bonchev–Trinajstić information content (AvgIpc) is 2.36. The van der Waals surface area contributed by atoms with E-state index in [4.69, 9.17) is 5.11 Å². The Morgan fingerprint density at radius 3 is 2.63 bits per heavy atom. The van der Waals surface area contributed by atoms with Crippen LogP contribution < -0.4 is 5.32 Å². The van der Waals surface area contributed by atoms with Crippen molar-refractivity contribution in [3.63, 3.8) is 0 Å². The lowest BCUT2D eigenvalue weighted by Crippen LogP contribution is -2.40. The lowest BCUT2D eigenvalue weighted by Gasteiger charge is -2.30. The van der Waals surface area contributed by atoms with E-state index >= 15 is 0 Å². The summed E-state index contributed by atoms with van der Waals surface area (Å²) < 4.78 is 23.2. The zero-order valence-electron chi connectivity index (χ0n) is 12.3. The third-order valence-corrected chi connectivity index (χ3v) is 5.80. The Kier molecular flexibility index (Phi) is 7.32. The monoisotopic (exact) mass is 291 g/mol. The van der Waals surface area contributed by atoms with Gasteiger partial charge in [0, 0.05) is 18.9 Å². The largest absolute Gasteiger partial charge is 0.396 e. The van der Waals surface area contributed by atoms with Gasteiger partial charge in [-0.1, -0.05) is 19.8 Å². The first kappa shape index (κ1) is 16.9. The highest BCUT2D eigenvalue weighted by Gasteiger charge is 2.28. The van der Waals surface area contributed by atoms with Crippen LogP contribution in [0.25, 0.3) is 0 Å². The molecule has 4 nitrogen and oxygen atoms in total. The highest BCUT2D eigenvalue weighted by Crippen LogP contribution is 2.24. The maximum absolute atomic E-state index is 11.6. The first-order valence-electron chi connectivity index (χ1n) is 7.50. The molecule has 0 aromatic heterocycles. The Morgan fingerprint density at radius 1 is 1.32 bits per heavy atom. The molecule has 3 unspecified atom stereocenters. The van der Waals surface area contributed by atoms with Crippen LogP contribution >= 0.6 is 0 Å². The SMILES string of the molecule is CCCC(CCO)CNC1CCCC(S(C)(=O)=O)C1. The molecular formula is C14H29NO3S. The maximum atomic E-state index is 11.6. The number of sulfone groups is 1. The minimum absolute atomic E-state index is 0.166. The van der Waals surface area contributed by atoms with Gasteiger partial charge in [-0.3, -0.25) is 0 Å². The molecule has 0 aromatic rings. The molecule has 0 spiro atoms. The highest BCUT2D eigenvalue weighted by molar-refractivity contribution is 7.91. The van der Waals surface area contributed by atoms with Gasteiger partial charge in [-0.05, 0) is 44.6 Å². The summed E-state index contributed by atoms with van der Waals surface area (Å²) in [5.74, 6) is 0.508. The first-order valence-corrected chi connectivity index (χ1v) is 9.46. The van der Waals surface area contributed by atoms with Crippen molar-refractivity contribution >= 4 is 9.84 Å². The van der Waals surface area contributed by atoms with Crippen LogP contribution in [0.15, 0.2) is 0 Å². The second-order valence-corrected chi connectivity index (χ2v) is 8.22. The van der Waals surface area contributed by atoms with Crippen LogP contribution in [0.5, 0.6) is 0 Å². The number of hydrogen-bond acceptors (Lipinski definition) is 4. The number of nitrogens with one attached hydrogen (secondary N) is 1. The minimum atomic E-state index is -2.90. The first-order chi connectivity index (χ1) is 8.97. The van der Waals surface area contributed by atoms with Gasteiger partial charge in [0.25, 0.3) is 0 Å². The van der Waals surface area contributed by atoms with Gasteiger partial charge in [0.15, 0.2) is 0 Å². The molecule has 1 fully saturated rings. The van der Waals surface area contributed by atoms with Crippen LogP contribution in [-0.2, 0) is 9.84 Å². The van der Waals surface area contributed by atoms with Gasteiger partial charge in [-0.2, -0.15) is 0 Å². The zero-order valence-corrected chi connectivity index (χ0v) is 13.1. The third-order valence-electron chi connectivity index (χ3n) is 4.16. The van der Waals surface area contributed by atoms with Crippen molar-refractivity contribution in [1.29, 1.82) is 0 Å². The van der Waals surface area contributed by atoms with Gasteiger partial charge >= 0.3 is 0 Å². The Morgan fingerprint density at radius 2 is 2.05 bits per heavy atom. The Labute approximate surface area is 117 Å². The van der Waals surface area contributed by atoms with E-state index in [0.717, 1.165) is 51.5 Å². The zero-order chi connectivity index (χ0) is 14.3. The van der Waals surface area contributed by atoms with E-state index in [1.165, 1.54) is 6.26 Å². The Balaban J connectivity index is 2.39. The summed E-state index contributed by atoms with van der Waals surface area (Å²) in [5.41, 5.74) is 0. The quantitative estimate of drug-likeness (QED) is 0.715. The molecule has 0 aromatic carbocycles. The lowest BCUT2D eigenvalue weighted by molar-refractivity contribution is 0.241. The molecule has 0 radical (unpaired) electrons. The van der Waals surface area contributed by atoms with E-state index < -0.39 is 9.84 Å². The summed E-state index contributed by atoms with van der Waals surface area (Å²) in [4.78, 5) is 0. The van der Waals surface area contributed by atoms with Crippen LogP contribution in [0, 0.1) is 5.92 Å². The molecule has 1 aliphatic rings. The summed E-state index contributed by atoms with van der Waals surface area (Å²) in [6.45, 7) is 3.29. The molecule has 0 amide bonds. The van der Waals surface area contributed by atoms with Crippen molar-refractivity contribution in [1.82, 2.24) is 5.32 Å². The summed E-state index contributed by atoms with van der Waals surface area (Å²) >= 11 is 0. The van der Waals surface area contributed by atoms with E-state index in [0.29, 0.717) is 12.0 Å². The smallest absolute Gasteiger partial charge is 0.150 e. The summed E-state index contributed by atoms with van der Waals surface area (Å²) in [5, 5.41) is 12.4. The summed E-state index contributed by atoms with van der Waals surface area (Å²) in [7, 11) is -2.90. The molecule has 0 heterocycles. The van der Waals surface area contributed by atoms with Gasteiger partial charge in [0.05, 0.1) is 5.25 Å². The van der Waals surface area contributed by atoms with Crippen molar-refractivity contribution in [2.75, 3.05) is 19.4 Å². The summed E-state index contributed by atoms with van der Waals surface area (Å²) in [6, 6.07) is 0.325. The number of aliphatic hydroxyl groups is 1. The van der Waals surface area contributed by atoms with Crippen molar-refractivity contribution in [2.45, 2.75) is 63.2 Å². The third kappa shape index (κ3) is 6.23. The Hall–Kier alpha value is -0.130. The van der Waals surface area contributed by atoms with Crippen LogP contribution in [0.4, 0.5) is 0 Å². The molecule has 0 bridgehead atoms. The predicted molar refractivity (Wildman–Crippen MR) is 79.0 cm³/mol. The van der Waals surface area contributed by atoms with Gasteiger partial charge in [-0.15, -0.1) is 0 Å². The van der Waals surface area contributed by atoms with E-state index in [-0.39, 0.29) is 11.9 Å². The fraction of sp³-hybridized carbons (Fsp3) is 1.00. The molecule has 19 heavy (non-hydrogen) atoms. The van der Waals surface area contributed by atoms with Crippen molar-refractivity contribution in [2.24, 2.45) is 5.92 Å². The van der Waals surface area contributed by atoms with Crippen molar-refractivity contribution in [3.05, 3.63) is 0 Å². The molecule has 114 valence electrons. The van der Waals surface area contributed by atoms with Gasteiger partial charge in [-0.25, -0.2) is 8.42 Å². The van der Waals surface area contributed by atoms with Crippen molar-refractivity contribution in [3.8, 4) is 0 Å². The fourth-order valence-electron chi connectivity index (χ4n) is 2.99. The topological polar surface area (TPSA) is 66.4 Å². The molecule has 3 atom stereocenters. The molecule has 5 heteroatoms. The van der Waals surface area contributed by atoms with Crippen LogP contribution in [0.3, 0.4) is 0 Å². The number of aliphatic hydroxyl groups excluding tert-OH is 1. The van der Waals surface area contributed by atoms with Gasteiger partial charge in [0.2, 0.25) is 0 Å². The Bertz CT molecular complexity index is 337. The molecule has 2 N–H and O–H groups in total. The van der Waals surface area contributed by atoms with E-state index in [1.54, 1.807) is 0 Å². The molecule has 0 aliphatic heterocycles. The molecule has 1 rings (SSSR count). The summed E-state index contributed by atoms with van der Waals surface area (Å²) in [6.07, 6.45) is 8.06. The highest BCUT2D eigenvalue weighted by atomic mass is 32.2. The molecule has 1 saturated carbocycles. The predicted octanol–water partition coefficient (Wildman–Crippen LogP) is 1.73. The standard InChI is InChI=1S/C14H29NO3S/c1-3-5-12(8-9-16)11-15-13-6-4-7-14(10-13)19(2,17)18/h12-16H,3-11H2,1-2H3.